The molecule has 0 spiro atoms. The molecule has 62 valence electrons. The zero-order chi connectivity index (χ0) is 10.6. The summed E-state index contributed by atoms with van der Waals surface area (Å²) in [6.45, 7) is 2.45. The van der Waals surface area contributed by atoms with E-state index in [0.29, 0.717) is 25.4 Å². The van der Waals surface area contributed by atoms with Gasteiger partial charge >= 0.3 is 0 Å². The van der Waals surface area contributed by atoms with Gasteiger partial charge < -0.3 is 9.47 Å². The second-order valence-electron chi connectivity index (χ2n) is 2.31. The molecule has 11 heavy (non-hydrogen) atoms. The van der Waals surface area contributed by atoms with Crippen LogP contribution in [0.1, 0.15) is 24.4 Å². The SMILES string of the molecule is [2H]CC1=C(\[2H])OCCCO/C(C)=C\1[2H]. The van der Waals surface area contributed by atoms with Gasteiger partial charge in [0.15, 0.2) is 0 Å². The molecule has 0 amide bonds. The van der Waals surface area contributed by atoms with Gasteiger partial charge in [0.1, 0.15) is 1.37 Å². The van der Waals surface area contributed by atoms with Crippen molar-refractivity contribution in [3.63, 3.8) is 0 Å². The molecular formula is C9H14O2. The number of allylic oxidation sites excluding steroid dienone is 3. The second-order valence-corrected chi connectivity index (χ2v) is 2.31. The third-order valence-electron chi connectivity index (χ3n) is 1.23. The van der Waals surface area contributed by atoms with Crippen molar-refractivity contribution >= 4 is 0 Å². The summed E-state index contributed by atoms with van der Waals surface area (Å²) in [5.41, 5.74) is 0.282. The Labute approximate surface area is 71.7 Å². The van der Waals surface area contributed by atoms with Crippen molar-refractivity contribution in [1.82, 2.24) is 0 Å². The van der Waals surface area contributed by atoms with Crippen LogP contribution in [-0.2, 0) is 9.47 Å². The van der Waals surface area contributed by atoms with Crippen LogP contribution in [0, 0.1) is 0 Å². The molecule has 1 heterocycles. The van der Waals surface area contributed by atoms with E-state index in [1.54, 1.807) is 6.92 Å². The molecule has 1 rings (SSSR count). The highest BCUT2D eigenvalue weighted by Gasteiger charge is 1.95. The van der Waals surface area contributed by atoms with Gasteiger partial charge in [-0.1, -0.05) is 0 Å². The lowest BCUT2D eigenvalue weighted by Gasteiger charge is -2.02. The van der Waals surface area contributed by atoms with E-state index in [4.69, 9.17) is 13.6 Å². The highest BCUT2D eigenvalue weighted by Crippen LogP contribution is 2.06. The zero-order valence-corrected chi connectivity index (χ0v) is 6.64. The number of ether oxygens (including phenoxy) is 2. The predicted molar refractivity (Wildman–Crippen MR) is 44.0 cm³/mol. The highest BCUT2D eigenvalue weighted by molar-refractivity contribution is 5.15. The molecule has 0 bridgehead atoms. The molecule has 0 unspecified atom stereocenters. The van der Waals surface area contributed by atoms with Crippen LogP contribution in [0.3, 0.4) is 0 Å². The summed E-state index contributed by atoms with van der Waals surface area (Å²) in [5.74, 6) is 0.461. The van der Waals surface area contributed by atoms with Gasteiger partial charge in [-0.25, -0.2) is 0 Å². The van der Waals surface area contributed by atoms with E-state index in [0.717, 1.165) is 0 Å². The van der Waals surface area contributed by atoms with E-state index in [-0.39, 0.29) is 24.8 Å². The minimum atomic E-state index is -0.127. The van der Waals surface area contributed by atoms with Gasteiger partial charge in [0.05, 0.1) is 26.6 Å². The second kappa shape index (κ2) is 4.06. The number of hydrogen-bond donors (Lipinski definition) is 0. The van der Waals surface area contributed by atoms with Crippen LogP contribution < -0.4 is 0 Å². The molecule has 1 aliphatic heterocycles. The first-order chi connectivity index (χ1) is 6.66. The van der Waals surface area contributed by atoms with Gasteiger partial charge in [-0.2, -0.15) is 0 Å². The van der Waals surface area contributed by atoms with Gasteiger partial charge in [-0.15, -0.1) is 0 Å². The first-order valence-electron chi connectivity index (χ1n) is 5.30. The Bertz CT molecular complexity index is 271. The molecule has 0 saturated heterocycles. The summed E-state index contributed by atoms with van der Waals surface area (Å²) in [6.07, 6.45) is 0.619. The molecule has 0 N–H and O–H groups in total. The Hall–Kier alpha value is -0.920. The van der Waals surface area contributed by atoms with Crippen LogP contribution in [0.15, 0.2) is 23.6 Å². The Balaban J connectivity index is 3.01. The summed E-state index contributed by atoms with van der Waals surface area (Å²) in [6, 6.07) is 0.104. The monoisotopic (exact) mass is 157 g/mol. The molecule has 1 aliphatic rings. The topological polar surface area (TPSA) is 18.5 Å². The van der Waals surface area contributed by atoms with Crippen molar-refractivity contribution in [3.8, 4) is 0 Å². The van der Waals surface area contributed by atoms with Gasteiger partial charge in [0.25, 0.3) is 0 Å². The maximum absolute atomic E-state index is 7.68. The van der Waals surface area contributed by atoms with Gasteiger partial charge in [0.2, 0.25) is 0 Å². The summed E-state index contributed by atoms with van der Waals surface area (Å²) in [5, 5.41) is 0. The zero-order valence-electron chi connectivity index (χ0n) is 9.64. The minimum Gasteiger partial charge on any atom is -0.501 e. The highest BCUT2D eigenvalue weighted by atomic mass is 16.5. The third kappa shape index (κ3) is 3.12. The van der Waals surface area contributed by atoms with Crippen LogP contribution in [0.2, 0.25) is 0 Å². The van der Waals surface area contributed by atoms with Crippen molar-refractivity contribution in [2.45, 2.75) is 20.2 Å². The summed E-state index contributed by atoms with van der Waals surface area (Å²) in [7, 11) is 0. The normalized spacial score (nSPS) is 38.1. The Morgan fingerprint density at radius 2 is 2.55 bits per heavy atom. The van der Waals surface area contributed by atoms with E-state index < -0.39 is 0 Å². The van der Waals surface area contributed by atoms with Gasteiger partial charge in [-0.3, -0.25) is 0 Å². The summed E-state index contributed by atoms with van der Waals surface area (Å²) in [4.78, 5) is 0. The summed E-state index contributed by atoms with van der Waals surface area (Å²) >= 11 is 0. The van der Waals surface area contributed by atoms with E-state index >= 15 is 0 Å². The smallest absolute Gasteiger partial charge is 0.104 e. The third-order valence-corrected chi connectivity index (χ3v) is 1.23. The lowest BCUT2D eigenvalue weighted by Crippen LogP contribution is -1.95. The van der Waals surface area contributed by atoms with E-state index in [1.807, 2.05) is 0 Å². The molecule has 0 atom stereocenters. The maximum atomic E-state index is 7.68. The standard InChI is InChI=1S/C9H14O2/c1-8-6-9(2)11-5-3-4-10-7-8/h6-7H,3-5H2,1-2H3/b8-7-,9-6-/i1D,6D,7D. The minimum absolute atomic E-state index is 0.0742. The number of rotatable bonds is 0. The molecule has 2 nitrogen and oxygen atoms in total. The Morgan fingerprint density at radius 1 is 1.64 bits per heavy atom. The Morgan fingerprint density at radius 3 is 3.36 bits per heavy atom. The fraction of sp³-hybridized carbons (Fsp3) is 0.556. The lowest BCUT2D eigenvalue weighted by atomic mass is 10.3. The van der Waals surface area contributed by atoms with Crippen molar-refractivity contribution < 1.29 is 13.6 Å². The average molecular weight is 157 g/mol. The molecule has 0 aliphatic carbocycles. The number of hydrogen-bond acceptors (Lipinski definition) is 2. The van der Waals surface area contributed by atoms with Crippen molar-refractivity contribution in [3.05, 3.63) is 23.6 Å². The predicted octanol–water partition coefficient (Wildman–Crippen LogP) is 2.23. The van der Waals surface area contributed by atoms with Crippen molar-refractivity contribution in [2.24, 2.45) is 0 Å². The molecule has 0 fully saturated rings. The molecule has 0 aromatic rings. The first kappa shape index (κ1) is 4.86. The maximum Gasteiger partial charge on any atom is 0.104 e. The van der Waals surface area contributed by atoms with Crippen molar-refractivity contribution in [2.75, 3.05) is 13.2 Å². The van der Waals surface area contributed by atoms with Crippen LogP contribution in [0.5, 0.6) is 0 Å². The Kier molecular flexibility index (Phi) is 1.79. The fourth-order valence-electron chi connectivity index (χ4n) is 0.769. The first-order valence-corrected chi connectivity index (χ1v) is 3.59. The fourth-order valence-corrected chi connectivity index (χ4v) is 0.769. The van der Waals surface area contributed by atoms with Gasteiger partial charge in [-0.05, 0) is 25.4 Å². The van der Waals surface area contributed by atoms with Gasteiger partial charge in [0, 0.05) is 7.79 Å². The van der Waals surface area contributed by atoms with E-state index in [9.17, 15) is 0 Å². The molecule has 2 heteroatoms. The largest absolute Gasteiger partial charge is 0.501 e. The molecule has 0 saturated carbocycles. The van der Waals surface area contributed by atoms with Crippen LogP contribution in [-0.4, -0.2) is 13.2 Å². The van der Waals surface area contributed by atoms with E-state index in [2.05, 4.69) is 0 Å². The molecule has 0 radical (unpaired) electrons. The summed E-state index contributed by atoms with van der Waals surface area (Å²) < 4.78 is 32.8. The van der Waals surface area contributed by atoms with E-state index in [1.165, 1.54) is 0 Å². The van der Waals surface area contributed by atoms with Crippen molar-refractivity contribution in [1.29, 1.82) is 0 Å². The lowest BCUT2D eigenvalue weighted by molar-refractivity contribution is 0.170. The van der Waals surface area contributed by atoms with Crippen LogP contribution in [0.25, 0.3) is 0 Å². The molecule has 0 aromatic heterocycles. The molecule has 0 aromatic carbocycles. The quantitative estimate of drug-likeness (QED) is 0.537. The van der Waals surface area contributed by atoms with Crippen LogP contribution >= 0.6 is 0 Å². The van der Waals surface area contributed by atoms with Crippen LogP contribution in [0.4, 0.5) is 0 Å². The molecular weight excluding hydrogens is 140 g/mol. The average Bonchev–Trinajstić information content (AvgIpc) is 2.21.